The van der Waals surface area contributed by atoms with Crippen LogP contribution in [0, 0.1) is 0 Å². The van der Waals surface area contributed by atoms with Gasteiger partial charge in [0, 0.05) is 11.6 Å². The summed E-state index contributed by atoms with van der Waals surface area (Å²) in [6, 6.07) is 4.29. The van der Waals surface area contributed by atoms with Crippen molar-refractivity contribution in [2.24, 2.45) is 0 Å². The first kappa shape index (κ1) is 20.5. The summed E-state index contributed by atoms with van der Waals surface area (Å²) >= 11 is 11.8. The maximum absolute atomic E-state index is 12.4. The van der Waals surface area contributed by atoms with Crippen LogP contribution in [0.5, 0.6) is 5.75 Å². The SMILES string of the molecule is CCC(CO)N(CCC(=O)OC)C(=O)COc1ccc(Cl)cc1Cl. The summed E-state index contributed by atoms with van der Waals surface area (Å²) in [7, 11) is 1.28. The lowest BCUT2D eigenvalue weighted by Gasteiger charge is -2.29. The Morgan fingerprint density at radius 1 is 1.33 bits per heavy atom. The van der Waals surface area contributed by atoms with E-state index in [1.54, 1.807) is 12.1 Å². The third-order valence-corrected chi connectivity index (χ3v) is 4.00. The molecule has 0 fully saturated rings. The molecule has 1 rings (SSSR count). The molecule has 0 aliphatic heterocycles. The van der Waals surface area contributed by atoms with E-state index in [-0.39, 0.29) is 32.1 Å². The van der Waals surface area contributed by atoms with Gasteiger partial charge >= 0.3 is 5.97 Å². The zero-order valence-electron chi connectivity index (χ0n) is 13.6. The first-order chi connectivity index (χ1) is 11.4. The molecule has 0 aliphatic rings. The van der Waals surface area contributed by atoms with Crippen LogP contribution in [-0.2, 0) is 14.3 Å². The second-order valence-electron chi connectivity index (χ2n) is 5.02. The van der Waals surface area contributed by atoms with Crippen LogP contribution in [0.25, 0.3) is 0 Å². The van der Waals surface area contributed by atoms with Crippen molar-refractivity contribution < 1.29 is 24.2 Å². The number of nitrogens with zero attached hydrogens (tertiary/aromatic N) is 1. The van der Waals surface area contributed by atoms with Gasteiger partial charge in [-0.3, -0.25) is 9.59 Å². The number of aliphatic hydroxyl groups is 1. The second kappa shape index (κ2) is 10.4. The van der Waals surface area contributed by atoms with Gasteiger partial charge in [-0.15, -0.1) is 0 Å². The van der Waals surface area contributed by atoms with Gasteiger partial charge in [-0.2, -0.15) is 0 Å². The Labute approximate surface area is 151 Å². The van der Waals surface area contributed by atoms with Crippen LogP contribution in [0.4, 0.5) is 0 Å². The molecular formula is C16H21Cl2NO5. The van der Waals surface area contributed by atoms with Gasteiger partial charge in [0.05, 0.1) is 31.2 Å². The number of hydrogen-bond acceptors (Lipinski definition) is 5. The molecule has 1 unspecified atom stereocenters. The molecule has 0 aliphatic carbocycles. The van der Waals surface area contributed by atoms with Crippen molar-refractivity contribution in [1.82, 2.24) is 4.90 Å². The Hall–Kier alpha value is -1.50. The molecule has 0 radical (unpaired) electrons. The van der Waals surface area contributed by atoms with Crippen LogP contribution in [0.3, 0.4) is 0 Å². The van der Waals surface area contributed by atoms with E-state index in [9.17, 15) is 14.7 Å². The van der Waals surface area contributed by atoms with Gasteiger partial charge in [0.25, 0.3) is 5.91 Å². The van der Waals surface area contributed by atoms with Crippen LogP contribution in [0.15, 0.2) is 18.2 Å². The number of methoxy groups -OCH3 is 1. The van der Waals surface area contributed by atoms with Crippen molar-refractivity contribution in [3.8, 4) is 5.75 Å². The van der Waals surface area contributed by atoms with E-state index < -0.39 is 12.0 Å². The van der Waals surface area contributed by atoms with E-state index in [0.717, 1.165) is 0 Å². The average Bonchev–Trinajstić information content (AvgIpc) is 2.57. The standard InChI is InChI=1S/C16H21Cl2NO5/c1-3-12(9-20)19(7-6-16(22)23-2)15(21)10-24-14-5-4-11(17)8-13(14)18/h4-5,8,12,20H,3,6-7,9-10H2,1-2H3. The van der Waals surface area contributed by atoms with Crippen molar-refractivity contribution in [2.75, 3.05) is 26.9 Å². The lowest BCUT2D eigenvalue weighted by Crippen LogP contribution is -2.45. The molecule has 24 heavy (non-hydrogen) atoms. The van der Waals surface area contributed by atoms with E-state index >= 15 is 0 Å². The maximum atomic E-state index is 12.4. The Balaban J connectivity index is 2.73. The van der Waals surface area contributed by atoms with Gasteiger partial charge in [0.15, 0.2) is 6.61 Å². The third kappa shape index (κ3) is 6.19. The predicted octanol–water partition coefficient (Wildman–Crippen LogP) is 2.53. The molecule has 1 amide bonds. The molecule has 0 heterocycles. The number of amides is 1. The van der Waals surface area contributed by atoms with Crippen LogP contribution in [-0.4, -0.2) is 54.8 Å². The van der Waals surface area contributed by atoms with Crippen LogP contribution in [0.2, 0.25) is 10.0 Å². The molecule has 0 aromatic heterocycles. The molecule has 6 nitrogen and oxygen atoms in total. The maximum Gasteiger partial charge on any atom is 0.307 e. The minimum Gasteiger partial charge on any atom is -0.482 e. The highest BCUT2D eigenvalue weighted by molar-refractivity contribution is 6.35. The summed E-state index contributed by atoms with van der Waals surface area (Å²) in [6.45, 7) is 1.52. The largest absolute Gasteiger partial charge is 0.482 e. The number of ether oxygens (including phenoxy) is 2. The fourth-order valence-corrected chi connectivity index (χ4v) is 2.55. The highest BCUT2D eigenvalue weighted by Gasteiger charge is 2.23. The summed E-state index contributed by atoms with van der Waals surface area (Å²) < 4.78 is 10.0. The fraction of sp³-hybridized carbons (Fsp3) is 0.500. The van der Waals surface area contributed by atoms with E-state index in [1.807, 2.05) is 6.92 Å². The topological polar surface area (TPSA) is 76.1 Å². The van der Waals surface area contributed by atoms with Crippen LogP contribution < -0.4 is 4.74 Å². The lowest BCUT2D eigenvalue weighted by atomic mass is 10.2. The number of carbonyl (C=O) groups is 2. The van der Waals surface area contributed by atoms with Crippen LogP contribution >= 0.6 is 23.2 Å². The van der Waals surface area contributed by atoms with Gasteiger partial charge in [-0.05, 0) is 24.6 Å². The highest BCUT2D eigenvalue weighted by atomic mass is 35.5. The number of halogens is 2. The zero-order chi connectivity index (χ0) is 18.1. The minimum absolute atomic E-state index is 0.0421. The number of esters is 1. The molecule has 0 spiro atoms. The van der Waals surface area contributed by atoms with Gasteiger partial charge in [0.1, 0.15) is 5.75 Å². The van der Waals surface area contributed by atoms with Crippen molar-refractivity contribution in [1.29, 1.82) is 0 Å². The first-order valence-corrected chi connectivity index (χ1v) is 8.23. The molecule has 0 bridgehead atoms. The lowest BCUT2D eigenvalue weighted by molar-refractivity contribution is -0.143. The summed E-state index contributed by atoms with van der Waals surface area (Å²) in [4.78, 5) is 25.2. The number of rotatable bonds is 9. The summed E-state index contributed by atoms with van der Waals surface area (Å²) in [5, 5.41) is 10.2. The fourth-order valence-electron chi connectivity index (χ4n) is 2.09. The Kier molecular flexibility index (Phi) is 8.89. The van der Waals surface area contributed by atoms with Crippen molar-refractivity contribution in [2.45, 2.75) is 25.8 Å². The Morgan fingerprint density at radius 2 is 2.04 bits per heavy atom. The Bertz CT molecular complexity index is 563. The monoisotopic (exact) mass is 377 g/mol. The molecule has 1 aromatic rings. The third-order valence-electron chi connectivity index (χ3n) is 3.47. The normalized spacial score (nSPS) is 11.7. The molecule has 0 saturated heterocycles. The van der Waals surface area contributed by atoms with Gasteiger partial charge < -0.3 is 19.5 Å². The molecule has 0 saturated carbocycles. The molecule has 1 N–H and O–H groups in total. The average molecular weight is 378 g/mol. The quantitative estimate of drug-likeness (QED) is 0.669. The molecule has 134 valence electrons. The van der Waals surface area contributed by atoms with E-state index in [1.165, 1.54) is 18.1 Å². The van der Waals surface area contributed by atoms with Gasteiger partial charge in [-0.25, -0.2) is 0 Å². The van der Waals surface area contributed by atoms with Gasteiger partial charge in [-0.1, -0.05) is 30.1 Å². The van der Waals surface area contributed by atoms with Crippen molar-refractivity contribution in [3.63, 3.8) is 0 Å². The summed E-state index contributed by atoms with van der Waals surface area (Å²) in [6.07, 6.45) is 0.589. The van der Waals surface area contributed by atoms with E-state index in [0.29, 0.717) is 22.2 Å². The summed E-state index contributed by atoms with van der Waals surface area (Å²) in [5.41, 5.74) is 0. The number of hydrogen-bond donors (Lipinski definition) is 1. The van der Waals surface area contributed by atoms with Crippen LogP contribution in [0.1, 0.15) is 19.8 Å². The zero-order valence-corrected chi connectivity index (χ0v) is 15.1. The number of benzene rings is 1. The smallest absolute Gasteiger partial charge is 0.307 e. The first-order valence-electron chi connectivity index (χ1n) is 7.47. The summed E-state index contributed by atoms with van der Waals surface area (Å²) in [5.74, 6) is -0.451. The van der Waals surface area contributed by atoms with E-state index in [4.69, 9.17) is 27.9 Å². The van der Waals surface area contributed by atoms with Gasteiger partial charge in [0.2, 0.25) is 0 Å². The number of carbonyl (C=O) groups excluding carboxylic acids is 2. The minimum atomic E-state index is -0.428. The molecule has 1 aromatic carbocycles. The van der Waals surface area contributed by atoms with Crippen molar-refractivity contribution >= 4 is 35.1 Å². The van der Waals surface area contributed by atoms with E-state index in [2.05, 4.69) is 4.74 Å². The molecule has 8 heteroatoms. The highest BCUT2D eigenvalue weighted by Crippen LogP contribution is 2.27. The Morgan fingerprint density at radius 3 is 2.58 bits per heavy atom. The number of aliphatic hydroxyl groups excluding tert-OH is 1. The molecule has 1 atom stereocenters. The predicted molar refractivity (Wildman–Crippen MR) is 91.5 cm³/mol. The molecular weight excluding hydrogens is 357 g/mol. The van der Waals surface area contributed by atoms with Crippen molar-refractivity contribution in [3.05, 3.63) is 28.2 Å². The second-order valence-corrected chi connectivity index (χ2v) is 5.86.